The Bertz CT molecular complexity index is 915. The van der Waals surface area contributed by atoms with E-state index in [0.29, 0.717) is 6.54 Å². The van der Waals surface area contributed by atoms with Gasteiger partial charge in [-0.05, 0) is 37.2 Å². The summed E-state index contributed by atoms with van der Waals surface area (Å²) >= 11 is 0. The van der Waals surface area contributed by atoms with Gasteiger partial charge in [0.1, 0.15) is 0 Å². The highest BCUT2D eigenvalue weighted by Crippen LogP contribution is 2.20. The lowest BCUT2D eigenvalue weighted by molar-refractivity contribution is -0.121. The molecule has 0 radical (unpaired) electrons. The maximum Gasteiger partial charge on any atom is 0.321 e. The molecule has 0 aliphatic carbocycles. The fourth-order valence-electron chi connectivity index (χ4n) is 2.54. The first-order valence-electron chi connectivity index (χ1n) is 8.61. The van der Waals surface area contributed by atoms with Gasteiger partial charge < -0.3 is 5.32 Å². The number of hydrogen-bond donors (Lipinski definition) is 3. The zero-order valence-electron chi connectivity index (χ0n) is 15.8. The molecule has 28 heavy (non-hydrogen) atoms. The normalized spacial score (nSPS) is 12.4. The molecule has 0 aromatic heterocycles. The molecule has 0 aliphatic heterocycles. The van der Waals surface area contributed by atoms with Gasteiger partial charge in [0.25, 0.3) is 0 Å². The number of amides is 3. The second kappa shape index (κ2) is 9.45. The summed E-state index contributed by atoms with van der Waals surface area (Å²) in [5.41, 5.74) is 1.75. The van der Waals surface area contributed by atoms with E-state index in [0.717, 1.165) is 11.1 Å². The topological polar surface area (TPSA) is 122 Å². The van der Waals surface area contributed by atoms with Gasteiger partial charge in [-0.2, -0.15) is 0 Å². The Morgan fingerprint density at radius 3 is 2.25 bits per heavy atom. The van der Waals surface area contributed by atoms with Crippen LogP contribution in [-0.4, -0.2) is 38.8 Å². The number of rotatable bonds is 7. The van der Waals surface area contributed by atoms with Crippen molar-refractivity contribution in [1.82, 2.24) is 15.5 Å². The molecule has 4 N–H and O–H groups in total. The first-order valence-corrected chi connectivity index (χ1v) is 10.2. The van der Waals surface area contributed by atoms with Crippen LogP contribution in [0.1, 0.15) is 24.1 Å². The van der Waals surface area contributed by atoms with Crippen LogP contribution in [0.25, 0.3) is 0 Å². The molecule has 0 unspecified atom stereocenters. The van der Waals surface area contributed by atoms with Crippen molar-refractivity contribution >= 4 is 22.0 Å². The van der Waals surface area contributed by atoms with Crippen LogP contribution >= 0.6 is 0 Å². The van der Waals surface area contributed by atoms with Crippen molar-refractivity contribution in [3.05, 3.63) is 65.7 Å². The van der Waals surface area contributed by atoms with E-state index in [9.17, 15) is 18.0 Å². The number of nitrogens with one attached hydrogen (secondary N) is 2. The summed E-state index contributed by atoms with van der Waals surface area (Å²) < 4.78 is 22.6. The number of nitrogens with two attached hydrogens (primary N) is 1. The first kappa shape index (κ1) is 21.5. The van der Waals surface area contributed by atoms with Crippen molar-refractivity contribution in [1.29, 1.82) is 0 Å². The summed E-state index contributed by atoms with van der Waals surface area (Å²) in [4.78, 5) is 25.7. The van der Waals surface area contributed by atoms with Crippen molar-refractivity contribution in [2.45, 2.75) is 24.4 Å². The summed E-state index contributed by atoms with van der Waals surface area (Å²) in [6.45, 7) is 2.19. The zero-order valence-corrected chi connectivity index (χ0v) is 16.6. The Morgan fingerprint density at radius 1 is 1.07 bits per heavy atom. The Labute approximate surface area is 164 Å². The van der Waals surface area contributed by atoms with Gasteiger partial charge in [0.15, 0.2) is 0 Å². The molecule has 0 fully saturated rings. The van der Waals surface area contributed by atoms with Crippen LogP contribution in [0, 0.1) is 0 Å². The third-order valence-corrected chi connectivity index (χ3v) is 5.22. The summed E-state index contributed by atoms with van der Waals surface area (Å²) in [6, 6.07) is 14.8. The van der Waals surface area contributed by atoms with Crippen LogP contribution in [0.2, 0.25) is 0 Å². The largest absolute Gasteiger partial charge is 0.334 e. The highest BCUT2D eigenvalue weighted by atomic mass is 32.2. The predicted octanol–water partition coefficient (Wildman–Crippen LogP) is 1.35. The van der Waals surface area contributed by atoms with Gasteiger partial charge in [-0.25, -0.2) is 18.4 Å². The van der Waals surface area contributed by atoms with Gasteiger partial charge in [-0.3, -0.25) is 15.0 Å². The lowest BCUT2D eigenvalue weighted by atomic mass is 10.1. The number of imide groups is 1. The number of carbonyl (C=O) groups excluding carboxylic acids is 2. The molecule has 9 heteroatoms. The Hall–Kier alpha value is -2.75. The lowest BCUT2D eigenvalue weighted by Crippen LogP contribution is -2.43. The number of sulfonamides is 1. The molecule has 150 valence electrons. The highest BCUT2D eigenvalue weighted by molar-refractivity contribution is 7.89. The van der Waals surface area contributed by atoms with E-state index in [-0.39, 0.29) is 17.5 Å². The van der Waals surface area contributed by atoms with Crippen molar-refractivity contribution in [3.8, 4) is 0 Å². The zero-order chi connectivity index (χ0) is 20.7. The molecule has 0 spiro atoms. The van der Waals surface area contributed by atoms with Crippen LogP contribution < -0.4 is 15.8 Å². The minimum absolute atomic E-state index is 0.00311. The van der Waals surface area contributed by atoms with E-state index in [2.05, 4.69) is 10.6 Å². The predicted molar refractivity (Wildman–Crippen MR) is 106 cm³/mol. The molecule has 0 heterocycles. The van der Waals surface area contributed by atoms with Gasteiger partial charge in [0.05, 0.1) is 11.4 Å². The number of nitrogens with zero attached hydrogens (tertiary/aromatic N) is 1. The number of urea groups is 1. The molecule has 0 bridgehead atoms. The van der Waals surface area contributed by atoms with Crippen LogP contribution in [0.15, 0.2) is 59.5 Å². The smallest absolute Gasteiger partial charge is 0.321 e. The van der Waals surface area contributed by atoms with Gasteiger partial charge in [-0.15, -0.1) is 0 Å². The van der Waals surface area contributed by atoms with Gasteiger partial charge in [0, 0.05) is 12.6 Å². The van der Waals surface area contributed by atoms with Crippen molar-refractivity contribution in [2.24, 2.45) is 5.14 Å². The Balaban J connectivity index is 1.84. The minimum Gasteiger partial charge on any atom is -0.334 e. The Kier molecular flexibility index (Phi) is 7.27. The molecule has 0 saturated heterocycles. The van der Waals surface area contributed by atoms with Gasteiger partial charge in [0.2, 0.25) is 15.9 Å². The maximum absolute atomic E-state index is 12.1. The van der Waals surface area contributed by atoms with E-state index in [1.807, 2.05) is 37.3 Å². The summed E-state index contributed by atoms with van der Waals surface area (Å²) in [5, 5.41) is 10.0. The molecule has 1 atom stereocenters. The van der Waals surface area contributed by atoms with E-state index < -0.39 is 22.0 Å². The van der Waals surface area contributed by atoms with Crippen LogP contribution in [-0.2, 0) is 21.4 Å². The molecular weight excluding hydrogens is 380 g/mol. The summed E-state index contributed by atoms with van der Waals surface area (Å²) in [7, 11) is -2.01. The molecule has 0 saturated carbocycles. The summed E-state index contributed by atoms with van der Waals surface area (Å²) in [6.07, 6.45) is 0. The second-order valence-electron chi connectivity index (χ2n) is 6.42. The number of benzene rings is 2. The number of hydrogen-bond acceptors (Lipinski definition) is 5. The van der Waals surface area contributed by atoms with Crippen molar-refractivity contribution in [3.63, 3.8) is 0 Å². The van der Waals surface area contributed by atoms with Crippen LogP contribution in [0.3, 0.4) is 0 Å². The van der Waals surface area contributed by atoms with Crippen LogP contribution in [0.5, 0.6) is 0 Å². The average molecular weight is 404 g/mol. The molecule has 2 aromatic rings. The monoisotopic (exact) mass is 404 g/mol. The van der Waals surface area contributed by atoms with Crippen molar-refractivity contribution in [2.75, 3.05) is 13.6 Å². The number of primary sulfonamides is 1. The quantitative estimate of drug-likeness (QED) is 0.643. The maximum atomic E-state index is 12.1. The average Bonchev–Trinajstić information content (AvgIpc) is 2.66. The van der Waals surface area contributed by atoms with Gasteiger partial charge >= 0.3 is 6.03 Å². The van der Waals surface area contributed by atoms with Crippen molar-refractivity contribution < 1.29 is 18.0 Å². The second-order valence-corrected chi connectivity index (χ2v) is 7.98. The SMILES string of the molecule is C[C@@H](c1ccc(S(N)(=O)=O)cc1)N(C)CC(=O)NC(=O)NCc1ccccc1. The third kappa shape index (κ3) is 6.45. The fraction of sp³-hybridized carbons (Fsp3) is 0.263. The molecular formula is C19H24N4O4S. The van der Waals surface area contributed by atoms with E-state index in [4.69, 9.17) is 5.14 Å². The minimum atomic E-state index is -3.75. The standard InChI is InChI=1S/C19H24N4O4S/c1-14(16-8-10-17(11-9-16)28(20,26)27)23(2)13-18(24)22-19(25)21-12-15-6-4-3-5-7-15/h3-11,14H,12-13H2,1-2H3,(H2,20,26,27)(H2,21,22,24,25)/t14-/m0/s1. The number of carbonyl (C=O) groups is 2. The molecule has 0 aliphatic rings. The molecule has 8 nitrogen and oxygen atoms in total. The van der Waals surface area contributed by atoms with E-state index in [1.54, 1.807) is 24.1 Å². The number of likely N-dealkylation sites (N-methyl/N-ethyl adjacent to an activating group) is 1. The highest BCUT2D eigenvalue weighted by Gasteiger charge is 2.17. The first-order chi connectivity index (χ1) is 13.2. The lowest BCUT2D eigenvalue weighted by Gasteiger charge is -2.24. The van der Waals surface area contributed by atoms with Gasteiger partial charge in [-0.1, -0.05) is 42.5 Å². The molecule has 2 aromatic carbocycles. The van der Waals surface area contributed by atoms with E-state index >= 15 is 0 Å². The van der Waals surface area contributed by atoms with Crippen LogP contribution in [0.4, 0.5) is 4.79 Å². The third-order valence-electron chi connectivity index (χ3n) is 4.29. The Morgan fingerprint density at radius 2 is 1.68 bits per heavy atom. The molecule has 2 rings (SSSR count). The van der Waals surface area contributed by atoms with E-state index in [1.165, 1.54) is 12.1 Å². The molecule has 3 amide bonds. The fourth-order valence-corrected chi connectivity index (χ4v) is 3.06. The summed E-state index contributed by atoms with van der Waals surface area (Å²) in [5.74, 6) is -0.443.